The van der Waals surface area contributed by atoms with E-state index in [9.17, 15) is 13.2 Å². The van der Waals surface area contributed by atoms with E-state index in [1.54, 1.807) is 18.3 Å². The van der Waals surface area contributed by atoms with Crippen LogP contribution in [-0.4, -0.2) is 37.4 Å². The van der Waals surface area contributed by atoms with Gasteiger partial charge >= 0.3 is 0 Å². The number of rotatable bonds is 5. The Morgan fingerprint density at radius 2 is 2.08 bits per heavy atom. The Morgan fingerprint density at radius 3 is 2.77 bits per heavy atom. The lowest BCUT2D eigenvalue weighted by molar-refractivity contribution is 0.0944. The maximum Gasteiger partial charge on any atom is 0.254 e. The van der Waals surface area contributed by atoms with Crippen molar-refractivity contribution in [2.24, 2.45) is 5.92 Å². The standard InChI is InChI=1S/C19H22N2O3S2/c1-13-5-6-16(10-14(13)2)25-19-17(4-3-8-20-19)18(22)21-11-15-7-9-26(23,24)12-15/h3-6,8,10,15H,7,9,11-12H2,1-2H3,(H,21,22). The minimum Gasteiger partial charge on any atom is -0.352 e. The Balaban J connectivity index is 1.70. The Kier molecular flexibility index (Phi) is 5.67. The first-order chi connectivity index (χ1) is 12.3. The lowest BCUT2D eigenvalue weighted by atomic mass is 10.1. The Hall–Kier alpha value is -1.86. The van der Waals surface area contributed by atoms with Gasteiger partial charge in [0.05, 0.1) is 17.1 Å². The molecule has 1 unspecified atom stereocenters. The van der Waals surface area contributed by atoms with Crippen molar-refractivity contribution >= 4 is 27.5 Å². The zero-order valence-corrected chi connectivity index (χ0v) is 16.5. The van der Waals surface area contributed by atoms with Crippen molar-refractivity contribution in [3.63, 3.8) is 0 Å². The molecule has 0 aliphatic carbocycles. The molecule has 7 heteroatoms. The molecule has 3 rings (SSSR count). The van der Waals surface area contributed by atoms with Crippen LogP contribution >= 0.6 is 11.8 Å². The Labute approximate surface area is 158 Å². The van der Waals surface area contributed by atoms with Crippen molar-refractivity contribution in [3.05, 3.63) is 53.2 Å². The number of hydrogen-bond acceptors (Lipinski definition) is 5. The molecule has 0 saturated carbocycles. The third kappa shape index (κ3) is 4.65. The van der Waals surface area contributed by atoms with Crippen molar-refractivity contribution in [1.82, 2.24) is 10.3 Å². The molecule has 2 heterocycles. The van der Waals surface area contributed by atoms with Crippen LogP contribution in [0.15, 0.2) is 46.5 Å². The molecule has 1 aliphatic heterocycles. The summed E-state index contributed by atoms with van der Waals surface area (Å²) in [6, 6.07) is 9.64. The molecule has 26 heavy (non-hydrogen) atoms. The average Bonchev–Trinajstić information content (AvgIpc) is 2.95. The third-order valence-electron chi connectivity index (χ3n) is 4.59. The van der Waals surface area contributed by atoms with Gasteiger partial charge in [0.2, 0.25) is 0 Å². The second-order valence-electron chi connectivity index (χ2n) is 6.68. The van der Waals surface area contributed by atoms with Gasteiger partial charge in [-0.3, -0.25) is 4.79 Å². The largest absolute Gasteiger partial charge is 0.352 e. The fraction of sp³-hybridized carbons (Fsp3) is 0.368. The third-order valence-corrected chi connectivity index (χ3v) is 7.43. The molecule has 1 saturated heterocycles. The topological polar surface area (TPSA) is 76.1 Å². The summed E-state index contributed by atoms with van der Waals surface area (Å²) in [5.74, 6) is 0.156. The van der Waals surface area contributed by atoms with E-state index >= 15 is 0 Å². The van der Waals surface area contributed by atoms with Gasteiger partial charge in [-0.25, -0.2) is 13.4 Å². The molecule has 1 fully saturated rings. The predicted octanol–water partition coefficient (Wildman–Crippen LogP) is 3.01. The van der Waals surface area contributed by atoms with Gasteiger partial charge in [0.1, 0.15) is 5.03 Å². The SMILES string of the molecule is Cc1ccc(Sc2ncccc2C(=O)NCC2CCS(=O)(=O)C2)cc1C. The molecule has 1 N–H and O–H groups in total. The van der Waals surface area contributed by atoms with Gasteiger partial charge in [-0.05, 0) is 61.6 Å². The maximum absolute atomic E-state index is 12.6. The van der Waals surface area contributed by atoms with Crippen LogP contribution in [0.2, 0.25) is 0 Å². The predicted molar refractivity (Wildman–Crippen MR) is 103 cm³/mol. The first-order valence-electron chi connectivity index (χ1n) is 8.53. The van der Waals surface area contributed by atoms with Crippen LogP contribution in [0.5, 0.6) is 0 Å². The highest BCUT2D eigenvalue weighted by atomic mass is 32.2. The number of carbonyl (C=O) groups excluding carboxylic acids is 1. The summed E-state index contributed by atoms with van der Waals surface area (Å²) < 4.78 is 23.1. The van der Waals surface area contributed by atoms with E-state index < -0.39 is 9.84 Å². The molecule has 138 valence electrons. The average molecular weight is 391 g/mol. The van der Waals surface area contributed by atoms with Gasteiger partial charge in [-0.15, -0.1) is 0 Å². The van der Waals surface area contributed by atoms with Crippen LogP contribution in [0.3, 0.4) is 0 Å². The van der Waals surface area contributed by atoms with Gasteiger partial charge in [-0.2, -0.15) is 0 Å². The molecule has 1 atom stereocenters. The van der Waals surface area contributed by atoms with Crippen molar-refractivity contribution in [3.8, 4) is 0 Å². The van der Waals surface area contributed by atoms with Crippen molar-refractivity contribution < 1.29 is 13.2 Å². The van der Waals surface area contributed by atoms with Crippen LogP contribution in [-0.2, 0) is 9.84 Å². The summed E-state index contributed by atoms with van der Waals surface area (Å²) in [5.41, 5.74) is 2.93. The fourth-order valence-electron chi connectivity index (χ4n) is 2.90. The van der Waals surface area contributed by atoms with Crippen molar-refractivity contribution in [2.45, 2.75) is 30.2 Å². The summed E-state index contributed by atoms with van der Waals surface area (Å²) in [5, 5.41) is 3.51. The second-order valence-corrected chi connectivity index (χ2v) is 9.97. The first kappa shape index (κ1) is 18.9. The van der Waals surface area contributed by atoms with Gasteiger partial charge in [0.25, 0.3) is 5.91 Å². The number of aromatic nitrogens is 1. The normalized spacial score (nSPS) is 18.6. The van der Waals surface area contributed by atoms with Gasteiger partial charge in [-0.1, -0.05) is 17.8 Å². The number of nitrogens with zero attached hydrogens (tertiary/aromatic N) is 1. The smallest absolute Gasteiger partial charge is 0.254 e. The van der Waals surface area contributed by atoms with E-state index in [-0.39, 0.29) is 23.3 Å². The second kappa shape index (κ2) is 7.80. The molecule has 1 amide bonds. The summed E-state index contributed by atoms with van der Waals surface area (Å²) in [4.78, 5) is 18.0. The first-order valence-corrected chi connectivity index (χ1v) is 11.2. The molecule has 1 aromatic heterocycles. The van der Waals surface area contributed by atoms with Crippen LogP contribution in [0.1, 0.15) is 27.9 Å². The van der Waals surface area contributed by atoms with E-state index in [0.717, 1.165) is 4.90 Å². The quantitative estimate of drug-likeness (QED) is 0.849. The number of sulfone groups is 1. The van der Waals surface area contributed by atoms with Gasteiger partial charge < -0.3 is 5.32 Å². The van der Waals surface area contributed by atoms with Crippen LogP contribution in [0, 0.1) is 19.8 Å². The number of nitrogens with one attached hydrogen (secondary N) is 1. The molecule has 0 radical (unpaired) electrons. The van der Waals surface area contributed by atoms with Crippen LogP contribution in [0.25, 0.3) is 0 Å². The fourth-order valence-corrected chi connectivity index (χ4v) is 5.74. The van der Waals surface area contributed by atoms with Crippen LogP contribution in [0.4, 0.5) is 0 Å². The highest BCUT2D eigenvalue weighted by Crippen LogP contribution is 2.30. The molecule has 5 nitrogen and oxygen atoms in total. The number of amides is 1. The molecule has 1 aliphatic rings. The molecule has 2 aromatic rings. The van der Waals surface area contributed by atoms with E-state index in [1.165, 1.54) is 22.9 Å². The minimum atomic E-state index is -2.93. The number of aryl methyl sites for hydroxylation is 2. The molecule has 0 spiro atoms. The monoisotopic (exact) mass is 390 g/mol. The number of carbonyl (C=O) groups is 1. The highest BCUT2D eigenvalue weighted by molar-refractivity contribution is 7.99. The maximum atomic E-state index is 12.6. The molecule has 1 aromatic carbocycles. The van der Waals surface area contributed by atoms with E-state index in [1.807, 2.05) is 6.07 Å². The van der Waals surface area contributed by atoms with Gasteiger partial charge in [0.15, 0.2) is 9.84 Å². The Bertz CT molecular complexity index is 926. The van der Waals surface area contributed by atoms with Gasteiger partial charge in [0, 0.05) is 17.6 Å². The summed E-state index contributed by atoms with van der Waals surface area (Å²) in [6.07, 6.45) is 2.28. The summed E-state index contributed by atoms with van der Waals surface area (Å²) >= 11 is 1.46. The van der Waals surface area contributed by atoms with Crippen LogP contribution < -0.4 is 5.32 Å². The summed E-state index contributed by atoms with van der Waals surface area (Å²) in [7, 11) is -2.93. The zero-order valence-electron chi connectivity index (χ0n) is 14.9. The summed E-state index contributed by atoms with van der Waals surface area (Å²) in [6.45, 7) is 4.49. The molecular formula is C19H22N2O3S2. The zero-order chi connectivity index (χ0) is 18.7. The molecule has 0 bridgehead atoms. The lowest BCUT2D eigenvalue weighted by Crippen LogP contribution is -2.30. The van der Waals surface area contributed by atoms with E-state index in [2.05, 4.69) is 36.3 Å². The minimum absolute atomic E-state index is 0.00327. The molecular weight excluding hydrogens is 368 g/mol. The number of benzene rings is 1. The van der Waals surface area contributed by atoms with E-state index in [0.29, 0.717) is 23.6 Å². The lowest BCUT2D eigenvalue weighted by Gasteiger charge is -2.12. The van der Waals surface area contributed by atoms with Crippen molar-refractivity contribution in [1.29, 1.82) is 0 Å². The highest BCUT2D eigenvalue weighted by Gasteiger charge is 2.28. The number of hydrogen-bond donors (Lipinski definition) is 1. The van der Waals surface area contributed by atoms with E-state index in [4.69, 9.17) is 0 Å². The number of pyridine rings is 1. The van der Waals surface area contributed by atoms with Crippen molar-refractivity contribution in [2.75, 3.05) is 18.1 Å². The Morgan fingerprint density at radius 1 is 1.27 bits per heavy atom.